The Labute approximate surface area is 155 Å². The van der Waals surface area contributed by atoms with E-state index < -0.39 is 17.5 Å². The molecule has 0 saturated heterocycles. The predicted molar refractivity (Wildman–Crippen MR) is 96.6 cm³/mol. The van der Waals surface area contributed by atoms with Crippen LogP contribution in [0, 0.1) is 17.5 Å². The molecule has 3 nitrogen and oxygen atoms in total. The molecule has 1 aliphatic rings. The molecule has 2 heterocycles. The number of nitrogens with zero attached hydrogens (tertiary/aromatic N) is 3. The fourth-order valence-corrected chi connectivity index (χ4v) is 3.69. The molecular weight excluding hydrogens is 351 g/mol. The first-order chi connectivity index (χ1) is 13.0. The molecular formula is C21H18F3N3. The molecule has 2 aromatic carbocycles. The molecule has 27 heavy (non-hydrogen) atoms. The standard InChI is InChI=1S/C21H18F3N3/c1-27-8-6-15(13-4-5-18(22)20(24)10-13)16-11-19(23)17(9-14(16)12-27)21-3-2-7-25-26-21/h2-5,7,9-11,15H,6,8,12H2,1H3. The number of hydrogen-bond acceptors (Lipinski definition) is 3. The summed E-state index contributed by atoms with van der Waals surface area (Å²) in [5.74, 6) is -2.37. The zero-order valence-electron chi connectivity index (χ0n) is 14.8. The third-order valence-corrected chi connectivity index (χ3v) is 5.04. The van der Waals surface area contributed by atoms with Gasteiger partial charge in [0.2, 0.25) is 0 Å². The molecule has 0 bridgehead atoms. The normalized spacial score (nSPS) is 17.4. The van der Waals surface area contributed by atoms with Crippen LogP contribution < -0.4 is 0 Å². The number of benzene rings is 2. The van der Waals surface area contributed by atoms with Crippen LogP contribution in [-0.2, 0) is 6.54 Å². The maximum Gasteiger partial charge on any atom is 0.159 e. The summed E-state index contributed by atoms with van der Waals surface area (Å²) in [5.41, 5.74) is 3.26. The van der Waals surface area contributed by atoms with Crippen LogP contribution in [0.1, 0.15) is 29.0 Å². The molecule has 3 aromatic rings. The van der Waals surface area contributed by atoms with E-state index in [9.17, 15) is 13.2 Å². The SMILES string of the molecule is CN1CCC(c2ccc(F)c(F)c2)c2cc(F)c(-c3cccnn3)cc2C1. The van der Waals surface area contributed by atoms with Gasteiger partial charge in [0.15, 0.2) is 11.6 Å². The van der Waals surface area contributed by atoms with Crippen LogP contribution in [-0.4, -0.2) is 28.7 Å². The number of rotatable bonds is 2. The van der Waals surface area contributed by atoms with Crippen LogP contribution in [0.15, 0.2) is 48.7 Å². The second-order valence-electron chi connectivity index (χ2n) is 6.89. The summed E-state index contributed by atoms with van der Waals surface area (Å²) in [7, 11) is 1.99. The Balaban J connectivity index is 1.84. The van der Waals surface area contributed by atoms with Crippen molar-refractivity contribution in [3.8, 4) is 11.3 Å². The molecule has 1 atom stereocenters. The second-order valence-corrected chi connectivity index (χ2v) is 6.89. The van der Waals surface area contributed by atoms with E-state index in [4.69, 9.17) is 0 Å². The molecule has 6 heteroatoms. The lowest BCUT2D eigenvalue weighted by atomic mass is 9.85. The van der Waals surface area contributed by atoms with Gasteiger partial charge in [0.1, 0.15) is 5.82 Å². The highest BCUT2D eigenvalue weighted by Gasteiger charge is 2.25. The molecule has 0 saturated carbocycles. The topological polar surface area (TPSA) is 29.0 Å². The first kappa shape index (κ1) is 17.7. The lowest BCUT2D eigenvalue weighted by molar-refractivity contribution is 0.328. The van der Waals surface area contributed by atoms with Gasteiger partial charge in [-0.05, 0) is 73.1 Å². The summed E-state index contributed by atoms with van der Waals surface area (Å²) >= 11 is 0. The van der Waals surface area contributed by atoms with Gasteiger partial charge in [-0.25, -0.2) is 13.2 Å². The van der Waals surface area contributed by atoms with Crippen LogP contribution in [0.5, 0.6) is 0 Å². The third kappa shape index (κ3) is 3.45. The van der Waals surface area contributed by atoms with E-state index in [1.165, 1.54) is 18.3 Å². The van der Waals surface area contributed by atoms with Crippen LogP contribution in [0.4, 0.5) is 13.2 Å². The Morgan fingerprint density at radius 1 is 1.00 bits per heavy atom. The highest BCUT2D eigenvalue weighted by Crippen LogP contribution is 2.37. The molecule has 1 aliphatic heterocycles. The summed E-state index contributed by atoms with van der Waals surface area (Å²) < 4.78 is 42.0. The van der Waals surface area contributed by atoms with Crippen molar-refractivity contribution in [2.75, 3.05) is 13.6 Å². The molecule has 1 aromatic heterocycles. The van der Waals surface area contributed by atoms with E-state index in [1.807, 2.05) is 7.05 Å². The quantitative estimate of drug-likeness (QED) is 0.665. The van der Waals surface area contributed by atoms with E-state index in [0.717, 1.165) is 23.7 Å². The van der Waals surface area contributed by atoms with Gasteiger partial charge < -0.3 is 4.90 Å². The number of fused-ring (bicyclic) bond motifs is 1. The first-order valence-corrected chi connectivity index (χ1v) is 8.77. The Morgan fingerprint density at radius 3 is 2.59 bits per heavy atom. The van der Waals surface area contributed by atoms with E-state index >= 15 is 0 Å². The van der Waals surface area contributed by atoms with Gasteiger partial charge in [0, 0.05) is 24.2 Å². The third-order valence-electron chi connectivity index (χ3n) is 5.04. The fourth-order valence-electron chi connectivity index (χ4n) is 3.69. The average molecular weight is 369 g/mol. The fraction of sp³-hybridized carbons (Fsp3) is 0.238. The monoisotopic (exact) mass is 369 g/mol. The van der Waals surface area contributed by atoms with E-state index in [2.05, 4.69) is 15.1 Å². The summed E-state index contributed by atoms with van der Waals surface area (Å²) in [5, 5.41) is 7.83. The van der Waals surface area contributed by atoms with Crippen molar-refractivity contribution >= 4 is 0 Å². The minimum Gasteiger partial charge on any atom is -0.302 e. The average Bonchev–Trinajstić information content (AvgIpc) is 2.82. The molecule has 1 unspecified atom stereocenters. The Kier molecular flexibility index (Phi) is 4.66. The zero-order chi connectivity index (χ0) is 19.0. The summed E-state index contributed by atoms with van der Waals surface area (Å²) in [6.07, 6.45) is 2.23. The molecule has 0 aliphatic carbocycles. The van der Waals surface area contributed by atoms with Crippen molar-refractivity contribution in [1.29, 1.82) is 0 Å². The number of hydrogen-bond donors (Lipinski definition) is 0. The largest absolute Gasteiger partial charge is 0.302 e. The summed E-state index contributed by atoms with van der Waals surface area (Å²) in [4.78, 5) is 2.14. The molecule has 4 rings (SSSR count). The van der Waals surface area contributed by atoms with Crippen LogP contribution in [0.3, 0.4) is 0 Å². The van der Waals surface area contributed by atoms with Gasteiger partial charge in [0.25, 0.3) is 0 Å². The van der Waals surface area contributed by atoms with Gasteiger partial charge in [-0.2, -0.15) is 10.2 Å². The molecule has 0 spiro atoms. The van der Waals surface area contributed by atoms with Crippen molar-refractivity contribution in [3.63, 3.8) is 0 Å². The highest BCUT2D eigenvalue weighted by atomic mass is 19.2. The van der Waals surface area contributed by atoms with Crippen molar-refractivity contribution in [3.05, 3.63) is 82.8 Å². The lowest BCUT2D eigenvalue weighted by Crippen LogP contribution is -2.17. The zero-order valence-corrected chi connectivity index (χ0v) is 14.8. The van der Waals surface area contributed by atoms with Gasteiger partial charge in [0.05, 0.1) is 5.69 Å². The van der Waals surface area contributed by atoms with Crippen molar-refractivity contribution in [1.82, 2.24) is 15.1 Å². The first-order valence-electron chi connectivity index (χ1n) is 8.77. The lowest BCUT2D eigenvalue weighted by Gasteiger charge is -2.19. The highest BCUT2D eigenvalue weighted by molar-refractivity contribution is 5.62. The minimum absolute atomic E-state index is 0.203. The minimum atomic E-state index is -0.886. The van der Waals surface area contributed by atoms with Gasteiger partial charge in [-0.3, -0.25) is 0 Å². The summed E-state index contributed by atoms with van der Waals surface area (Å²) in [6.45, 7) is 1.41. The Bertz CT molecular complexity index is 976. The predicted octanol–water partition coefficient (Wildman–Crippen LogP) is 4.53. The van der Waals surface area contributed by atoms with Gasteiger partial charge >= 0.3 is 0 Å². The maximum absolute atomic E-state index is 14.9. The molecule has 0 fully saturated rings. The molecule has 0 amide bonds. The van der Waals surface area contributed by atoms with Crippen LogP contribution >= 0.6 is 0 Å². The molecule has 0 radical (unpaired) electrons. The Morgan fingerprint density at radius 2 is 1.85 bits per heavy atom. The number of aromatic nitrogens is 2. The second kappa shape index (κ2) is 7.12. The van der Waals surface area contributed by atoms with E-state index in [-0.39, 0.29) is 5.92 Å². The van der Waals surface area contributed by atoms with E-state index in [0.29, 0.717) is 29.8 Å². The van der Waals surface area contributed by atoms with Crippen molar-refractivity contribution in [2.45, 2.75) is 18.9 Å². The van der Waals surface area contributed by atoms with Gasteiger partial charge in [-0.15, -0.1) is 0 Å². The maximum atomic E-state index is 14.9. The number of halogens is 3. The van der Waals surface area contributed by atoms with E-state index in [1.54, 1.807) is 24.3 Å². The van der Waals surface area contributed by atoms with Crippen molar-refractivity contribution in [2.24, 2.45) is 0 Å². The van der Waals surface area contributed by atoms with Crippen LogP contribution in [0.25, 0.3) is 11.3 Å². The van der Waals surface area contributed by atoms with Gasteiger partial charge in [-0.1, -0.05) is 6.07 Å². The van der Waals surface area contributed by atoms with Crippen LogP contribution in [0.2, 0.25) is 0 Å². The smallest absolute Gasteiger partial charge is 0.159 e. The Hall–Kier alpha value is -2.73. The summed E-state index contributed by atoms with van der Waals surface area (Å²) in [6, 6.07) is 10.6. The van der Waals surface area contributed by atoms with Crippen molar-refractivity contribution < 1.29 is 13.2 Å². The molecule has 138 valence electrons. The molecule has 0 N–H and O–H groups in total.